The summed E-state index contributed by atoms with van der Waals surface area (Å²) in [6.07, 6.45) is -1.15. The van der Waals surface area contributed by atoms with Crippen molar-refractivity contribution in [3.8, 4) is 0 Å². The maximum Gasteiger partial charge on any atom is 0.336 e. The summed E-state index contributed by atoms with van der Waals surface area (Å²) >= 11 is 0. The van der Waals surface area contributed by atoms with Gasteiger partial charge in [0.2, 0.25) is 0 Å². The van der Waals surface area contributed by atoms with E-state index in [2.05, 4.69) is 5.32 Å². The first-order valence-corrected chi connectivity index (χ1v) is 11.9. The first-order valence-electron chi connectivity index (χ1n) is 11.9. The first kappa shape index (κ1) is 28.5. The molecule has 7 nitrogen and oxygen atoms in total. The standard InChI is InChI=1S/C26H35F2NO6/c1-5-11-32-13-15-34-25(30)21-17(3)29-18(4)22(26(31)35-16-14-33-12-6-2)23(21)19-9-7-8-10-20(19)24(27)28/h7-10,23-24,29H,5-6,11-16H2,1-4H3. The van der Waals surface area contributed by atoms with Crippen LogP contribution in [0.4, 0.5) is 8.78 Å². The maximum atomic E-state index is 14.0. The molecule has 0 aliphatic carbocycles. The molecule has 1 aliphatic heterocycles. The molecule has 0 saturated carbocycles. The quantitative estimate of drug-likeness (QED) is 0.293. The molecule has 0 amide bonds. The minimum Gasteiger partial charge on any atom is -0.460 e. The van der Waals surface area contributed by atoms with Crippen LogP contribution in [-0.2, 0) is 28.5 Å². The van der Waals surface area contributed by atoms with E-state index in [-0.39, 0.29) is 48.7 Å². The van der Waals surface area contributed by atoms with Crippen molar-refractivity contribution in [1.29, 1.82) is 0 Å². The number of carbonyl (C=O) groups excluding carboxylic acids is 2. The molecule has 1 aromatic rings. The highest BCUT2D eigenvalue weighted by molar-refractivity contribution is 6.00. The van der Waals surface area contributed by atoms with Crippen molar-refractivity contribution in [3.05, 3.63) is 57.9 Å². The van der Waals surface area contributed by atoms with Gasteiger partial charge in [-0.2, -0.15) is 0 Å². The second-order valence-corrected chi connectivity index (χ2v) is 8.06. The first-order chi connectivity index (χ1) is 16.8. The van der Waals surface area contributed by atoms with Gasteiger partial charge in [-0.3, -0.25) is 0 Å². The summed E-state index contributed by atoms with van der Waals surface area (Å²) < 4.78 is 49.4. The molecule has 0 radical (unpaired) electrons. The van der Waals surface area contributed by atoms with Crippen LogP contribution in [0.5, 0.6) is 0 Å². The number of rotatable bonds is 14. The van der Waals surface area contributed by atoms with Crippen LogP contribution in [0.2, 0.25) is 0 Å². The Hall–Kier alpha value is -2.78. The second kappa shape index (κ2) is 14.6. The monoisotopic (exact) mass is 495 g/mol. The minimum absolute atomic E-state index is 0.00390. The zero-order valence-electron chi connectivity index (χ0n) is 20.8. The summed E-state index contributed by atoms with van der Waals surface area (Å²) in [6, 6.07) is 5.87. The van der Waals surface area contributed by atoms with Gasteiger partial charge in [0.15, 0.2) is 0 Å². The Morgan fingerprint density at radius 3 is 1.77 bits per heavy atom. The highest BCUT2D eigenvalue weighted by atomic mass is 19.3. The molecule has 0 unspecified atom stereocenters. The molecule has 1 aromatic carbocycles. The SMILES string of the molecule is CCCOCCOC(=O)C1=C(C)NC(C)=C(C(=O)OCCOCCC)C1c1ccccc1C(F)F. The van der Waals surface area contributed by atoms with E-state index in [0.717, 1.165) is 12.8 Å². The van der Waals surface area contributed by atoms with Crippen molar-refractivity contribution in [2.24, 2.45) is 0 Å². The molecule has 1 N–H and O–H groups in total. The number of carbonyl (C=O) groups is 2. The number of ether oxygens (including phenoxy) is 4. The van der Waals surface area contributed by atoms with E-state index >= 15 is 0 Å². The molecule has 0 atom stereocenters. The van der Waals surface area contributed by atoms with Gasteiger partial charge < -0.3 is 24.3 Å². The lowest BCUT2D eigenvalue weighted by Crippen LogP contribution is -2.33. The van der Waals surface area contributed by atoms with Crippen LogP contribution in [0.15, 0.2) is 46.8 Å². The molecule has 0 spiro atoms. The van der Waals surface area contributed by atoms with Crippen LogP contribution in [0, 0.1) is 0 Å². The third-order valence-corrected chi connectivity index (χ3v) is 5.36. The lowest BCUT2D eigenvalue weighted by Gasteiger charge is -2.31. The van der Waals surface area contributed by atoms with Gasteiger partial charge in [0.1, 0.15) is 13.2 Å². The van der Waals surface area contributed by atoms with Gasteiger partial charge in [-0.25, -0.2) is 18.4 Å². The Kier molecular flexibility index (Phi) is 11.9. The number of nitrogens with one attached hydrogen (secondary N) is 1. The predicted molar refractivity (Wildman–Crippen MR) is 127 cm³/mol. The predicted octanol–water partition coefficient (Wildman–Crippen LogP) is 4.80. The van der Waals surface area contributed by atoms with Gasteiger partial charge >= 0.3 is 11.9 Å². The van der Waals surface area contributed by atoms with E-state index in [0.29, 0.717) is 24.6 Å². The van der Waals surface area contributed by atoms with Crippen molar-refractivity contribution in [3.63, 3.8) is 0 Å². The van der Waals surface area contributed by atoms with Crippen LogP contribution in [0.3, 0.4) is 0 Å². The third-order valence-electron chi connectivity index (χ3n) is 5.36. The van der Waals surface area contributed by atoms with E-state index in [9.17, 15) is 18.4 Å². The number of benzene rings is 1. The van der Waals surface area contributed by atoms with Gasteiger partial charge in [0.05, 0.1) is 30.3 Å². The lowest BCUT2D eigenvalue weighted by molar-refractivity contribution is -0.141. The van der Waals surface area contributed by atoms with Crippen LogP contribution in [0.25, 0.3) is 0 Å². The number of dihydropyridines is 1. The van der Waals surface area contributed by atoms with Crippen molar-refractivity contribution >= 4 is 11.9 Å². The Balaban J connectivity index is 2.40. The Morgan fingerprint density at radius 2 is 1.31 bits per heavy atom. The lowest BCUT2D eigenvalue weighted by atomic mass is 9.78. The zero-order chi connectivity index (χ0) is 25.8. The highest BCUT2D eigenvalue weighted by Gasteiger charge is 2.39. The molecule has 35 heavy (non-hydrogen) atoms. The van der Waals surface area contributed by atoms with Crippen LogP contribution in [0.1, 0.15) is 64.0 Å². The summed E-state index contributed by atoms with van der Waals surface area (Å²) in [5.41, 5.74) is 0.860. The summed E-state index contributed by atoms with van der Waals surface area (Å²) in [4.78, 5) is 26.3. The van der Waals surface area contributed by atoms with E-state index in [1.165, 1.54) is 18.2 Å². The van der Waals surface area contributed by atoms with Gasteiger partial charge in [0, 0.05) is 30.2 Å². The molecule has 194 valence electrons. The fraction of sp³-hybridized carbons (Fsp3) is 0.538. The van der Waals surface area contributed by atoms with Gasteiger partial charge in [0.25, 0.3) is 6.43 Å². The van der Waals surface area contributed by atoms with Gasteiger partial charge in [-0.15, -0.1) is 0 Å². The molecule has 0 fully saturated rings. The summed E-state index contributed by atoms with van der Waals surface area (Å²) in [5.74, 6) is -2.52. The molecule has 1 aliphatic rings. The fourth-order valence-electron chi connectivity index (χ4n) is 3.85. The van der Waals surface area contributed by atoms with E-state index in [1.807, 2.05) is 13.8 Å². The average molecular weight is 496 g/mol. The molecule has 0 saturated heterocycles. The van der Waals surface area contributed by atoms with Gasteiger partial charge in [-0.1, -0.05) is 38.1 Å². The molecule has 0 aromatic heterocycles. The minimum atomic E-state index is -2.80. The van der Waals surface area contributed by atoms with E-state index < -0.39 is 24.3 Å². The topological polar surface area (TPSA) is 83.1 Å². The number of alkyl halides is 2. The average Bonchev–Trinajstić information content (AvgIpc) is 2.83. The molecular weight excluding hydrogens is 460 g/mol. The second-order valence-electron chi connectivity index (χ2n) is 8.06. The number of hydrogen-bond donors (Lipinski definition) is 1. The normalized spacial score (nSPS) is 14.4. The van der Waals surface area contributed by atoms with Crippen LogP contribution in [-0.4, -0.2) is 51.6 Å². The third kappa shape index (κ3) is 7.86. The molecular formula is C26H35F2NO6. The van der Waals surface area contributed by atoms with E-state index in [1.54, 1.807) is 19.9 Å². The zero-order valence-corrected chi connectivity index (χ0v) is 20.8. The molecule has 1 heterocycles. The molecule has 9 heteroatoms. The number of hydrogen-bond acceptors (Lipinski definition) is 7. The van der Waals surface area contributed by atoms with Gasteiger partial charge in [-0.05, 0) is 32.3 Å². The summed E-state index contributed by atoms with van der Waals surface area (Å²) in [6.45, 7) is 8.69. The van der Waals surface area contributed by atoms with Crippen molar-refractivity contribution in [2.75, 3.05) is 39.6 Å². The Morgan fingerprint density at radius 1 is 0.829 bits per heavy atom. The fourth-order valence-corrected chi connectivity index (χ4v) is 3.85. The van der Waals surface area contributed by atoms with Crippen molar-refractivity contribution in [1.82, 2.24) is 5.32 Å². The van der Waals surface area contributed by atoms with Crippen LogP contribution < -0.4 is 5.32 Å². The number of allylic oxidation sites excluding steroid dienone is 2. The number of halogens is 2. The Bertz CT molecular complexity index is 880. The highest BCUT2D eigenvalue weighted by Crippen LogP contribution is 2.42. The van der Waals surface area contributed by atoms with Crippen molar-refractivity contribution < 1.29 is 37.3 Å². The molecule has 2 rings (SSSR count). The smallest absolute Gasteiger partial charge is 0.336 e. The van der Waals surface area contributed by atoms with E-state index in [4.69, 9.17) is 18.9 Å². The molecule has 0 bridgehead atoms. The van der Waals surface area contributed by atoms with Crippen LogP contribution >= 0.6 is 0 Å². The largest absolute Gasteiger partial charge is 0.460 e. The summed E-state index contributed by atoms with van der Waals surface area (Å²) in [5, 5.41) is 3.02. The number of esters is 2. The summed E-state index contributed by atoms with van der Waals surface area (Å²) in [7, 11) is 0. The maximum absolute atomic E-state index is 14.0. The Labute approximate surface area is 205 Å². The van der Waals surface area contributed by atoms with Crippen molar-refractivity contribution in [2.45, 2.75) is 52.9 Å².